The van der Waals surface area contributed by atoms with Crippen molar-refractivity contribution in [2.45, 2.75) is 76.5 Å². The molecule has 2 aromatic rings. The van der Waals surface area contributed by atoms with Gasteiger partial charge in [-0.1, -0.05) is 72.8 Å². The Morgan fingerprint density at radius 3 is 2.17 bits per heavy atom. The Morgan fingerprint density at radius 1 is 0.826 bits per heavy atom. The number of allylic oxidation sites excluding steroid dienone is 2. The van der Waals surface area contributed by atoms with Crippen LogP contribution in [0.1, 0.15) is 62.5 Å². The molecule has 0 aliphatic heterocycles. The van der Waals surface area contributed by atoms with E-state index in [1.54, 1.807) is 12.2 Å². The average molecular weight is 636 g/mol. The summed E-state index contributed by atoms with van der Waals surface area (Å²) in [6.45, 7) is 7.70. The van der Waals surface area contributed by atoms with Crippen LogP contribution < -0.4 is 16.0 Å². The van der Waals surface area contributed by atoms with Crippen LogP contribution in [0.4, 0.5) is 4.79 Å². The first kappa shape index (κ1) is 37.7. The standard InChI is InChI=1S/C36H49N3O7/c1-3-5-8-21-34(42)45-27-31(20-13-14-22-37-36(44)46-26-29-18-11-7-12-19-29)39-35(43)30(15-4-2)24-33(41)38-32(25-40)23-28-16-9-6-10-17-28/h3-4,6-7,9-12,16-19,30-32,40H,1-2,5,8,13-15,20-27H2,(H,37,44)(H,38,41)(H,39,43)/t30-,31+,32-/m1/s1. The number of nitrogens with one attached hydrogen (secondary N) is 3. The summed E-state index contributed by atoms with van der Waals surface area (Å²) >= 11 is 0. The lowest BCUT2D eigenvalue weighted by Crippen LogP contribution is -2.45. The number of hydrogen-bond donors (Lipinski definition) is 4. The molecule has 0 aliphatic carbocycles. The summed E-state index contributed by atoms with van der Waals surface area (Å²) in [5, 5.41) is 18.3. The molecule has 10 heteroatoms. The van der Waals surface area contributed by atoms with Gasteiger partial charge in [0.1, 0.15) is 13.2 Å². The Balaban J connectivity index is 1.89. The number of rotatable bonds is 23. The van der Waals surface area contributed by atoms with Gasteiger partial charge in [-0.2, -0.15) is 0 Å². The molecule has 4 N–H and O–H groups in total. The van der Waals surface area contributed by atoms with Crippen molar-refractivity contribution in [2.24, 2.45) is 5.92 Å². The number of ether oxygens (including phenoxy) is 2. The third-order valence-electron chi connectivity index (χ3n) is 7.21. The van der Waals surface area contributed by atoms with Crippen LogP contribution in [0.3, 0.4) is 0 Å². The lowest BCUT2D eigenvalue weighted by molar-refractivity contribution is -0.145. The van der Waals surface area contributed by atoms with Crippen LogP contribution in [0.5, 0.6) is 0 Å². The molecule has 0 fully saturated rings. The lowest BCUT2D eigenvalue weighted by atomic mass is 9.98. The summed E-state index contributed by atoms with van der Waals surface area (Å²) < 4.78 is 10.7. The molecule has 250 valence electrons. The summed E-state index contributed by atoms with van der Waals surface area (Å²) in [5.74, 6) is -1.76. The van der Waals surface area contributed by atoms with Crippen LogP contribution in [0, 0.1) is 5.92 Å². The molecule has 0 unspecified atom stereocenters. The predicted molar refractivity (Wildman–Crippen MR) is 178 cm³/mol. The summed E-state index contributed by atoms with van der Waals surface area (Å²) in [5.41, 5.74) is 1.87. The first-order chi connectivity index (χ1) is 22.3. The number of aliphatic hydroxyl groups is 1. The highest BCUT2D eigenvalue weighted by Gasteiger charge is 2.25. The van der Waals surface area contributed by atoms with Gasteiger partial charge in [0.05, 0.1) is 24.6 Å². The number of aliphatic hydroxyl groups excluding tert-OH is 1. The zero-order valence-electron chi connectivity index (χ0n) is 26.7. The minimum Gasteiger partial charge on any atom is -0.463 e. The number of amides is 3. The van der Waals surface area contributed by atoms with Crippen molar-refractivity contribution in [3.05, 3.63) is 97.1 Å². The van der Waals surface area contributed by atoms with Crippen LogP contribution in [0.25, 0.3) is 0 Å². The summed E-state index contributed by atoms with van der Waals surface area (Å²) in [6.07, 6.45) is 6.75. The van der Waals surface area contributed by atoms with Gasteiger partial charge in [-0.05, 0) is 56.1 Å². The van der Waals surface area contributed by atoms with Gasteiger partial charge < -0.3 is 30.5 Å². The molecule has 10 nitrogen and oxygen atoms in total. The van der Waals surface area contributed by atoms with Crippen LogP contribution in [-0.2, 0) is 36.9 Å². The van der Waals surface area contributed by atoms with Crippen molar-refractivity contribution in [2.75, 3.05) is 19.8 Å². The highest BCUT2D eigenvalue weighted by Crippen LogP contribution is 2.13. The number of unbranched alkanes of at least 4 members (excludes halogenated alkanes) is 2. The van der Waals surface area contributed by atoms with Gasteiger partial charge in [0, 0.05) is 19.4 Å². The van der Waals surface area contributed by atoms with Gasteiger partial charge in [-0.15, -0.1) is 13.2 Å². The first-order valence-corrected chi connectivity index (χ1v) is 15.9. The summed E-state index contributed by atoms with van der Waals surface area (Å²) in [7, 11) is 0. The smallest absolute Gasteiger partial charge is 0.407 e. The molecule has 0 aliphatic rings. The largest absolute Gasteiger partial charge is 0.463 e. The molecule has 2 rings (SSSR count). The van der Waals surface area contributed by atoms with Crippen molar-refractivity contribution in [3.8, 4) is 0 Å². The maximum Gasteiger partial charge on any atom is 0.407 e. The second-order valence-electron chi connectivity index (χ2n) is 11.1. The minimum absolute atomic E-state index is 0.0120. The van der Waals surface area contributed by atoms with Crippen LogP contribution >= 0.6 is 0 Å². The monoisotopic (exact) mass is 635 g/mol. The predicted octanol–water partition coefficient (Wildman–Crippen LogP) is 4.77. The lowest BCUT2D eigenvalue weighted by Gasteiger charge is -2.23. The molecular formula is C36H49N3O7. The summed E-state index contributed by atoms with van der Waals surface area (Å²) in [6, 6.07) is 17.9. The van der Waals surface area contributed by atoms with Crippen molar-refractivity contribution < 1.29 is 33.8 Å². The van der Waals surface area contributed by atoms with Crippen LogP contribution in [-0.4, -0.2) is 60.8 Å². The van der Waals surface area contributed by atoms with Gasteiger partial charge in [0.2, 0.25) is 11.8 Å². The average Bonchev–Trinajstić information content (AvgIpc) is 3.06. The normalized spacial score (nSPS) is 12.5. The zero-order valence-corrected chi connectivity index (χ0v) is 26.7. The number of alkyl carbamates (subject to hydrolysis) is 1. The molecule has 2 aromatic carbocycles. The molecule has 0 radical (unpaired) electrons. The molecule has 46 heavy (non-hydrogen) atoms. The van der Waals surface area contributed by atoms with Crippen molar-refractivity contribution in [1.82, 2.24) is 16.0 Å². The zero-order chi connectivity index (χ0) is 33.4. The van der Waals surface area contributed by atoms with E-state index in [0.29, 0.717) is 45.1 Å². The SMILES string of the molecule is C=CCCCC(=O)OC[C@H](CCCCNC(=O)OCc1ccccc1)NC(=O)[C@H](CC=C)CC(=O)N[C@@H](CO)Cc1ccccc1. The topological polar surface area (TPSA) is 143 Å². The van der Waals surface area contributed by atoms with E-state index in [9.17, 15) is 24.3 Å². The van der Waals surface area contributed by atoms with E-state index in [0.717, 1.165) is 11.1 Å². The van der Waals surface area contributed by atoms with E-state index >= 15 is 0 Å². The van der Waals surface area contributed by atoms with Crippen LogP contribution in [0.2, 0.25) is 0 Å². The van der Waals surface area contributed by atoms with Crippen molar-refractivity contribution >= 4 is 23.9 Å². The Bertz CT molecular complexity index is 1210. The van der Waals surface area contributed by atoms with Gasteiger partial charge in [-0.3, -0.25) is 14.4 Å². The minimum atomic E-state index is -0.694. The van der Waals surface area contributed by atoms with Gasteiger partial charge in [-0.25, -0.2) is 4.79 Å². The van der Waals surface area contributed by atoms with Crippen LogP contribution in [0.15, 0.2) is 86.0 Å². The fraction of sp³-hybridized carbons (Fsp3) is 0.444. The fourth-order valence-electron chi connectivity index (χ4n) is 4.71. The molecule has 0 heterocycles. The van der Waals surface area contributed by atoms with E-state index in [4.69, 9.17) is 9.47 Å². The first-order valence-electron chi connectivity index (χ1n) is 15.9. The van der Waals surface area contributed by atoms with Crippen molar-refractivity contribution in [3.63, 3.8) is 0 Å². The Morgan fingerprint density at radius 2 is 1.52 bits per heavy atom. The maximum absolute atomic E-state index is 13.3. The molecule has 3 atom stereocenters. The van der Waals surface area contributed by atoms with Gasteiger partial charge >= 0.3 is 12.1 Å². The molecular weight excluding hydrogens is 586 g/mol. The van der Waals surface area contributed by atoms with Crippen molar-refractivity contribution in [1.29, 1.82) is 0 Å². The molecule has 0 spiro atoms. The molecule has 0 aromatic heterocycles. The summed E-state index contributed by atoms with van der Waals surface area (Å²) in [4.78, 5) is 50.5. The molecule has 0 saturated carbocycles. The Hall–Kier alpha value is -4.44. The Kier molecular flexibility index (Phi) is 18.9. The third kappa shape index (κ3) is 16.6. The van der Waals surface area contributed by atoms with E-state index < -0.39 is 24.1 Å². The fourth-order valence-corrected chi connectivity index (χ4v) is 4.71. The second-order valence-corrected chi connectivity index (χ2v) is 11.1. The Labute approximate surface area is 272 Å². The van der Waals surface area contributed by atoms with E-state index in [1.807, 2.05) is 60.7 Å². The number of carbonyl (C=O) groups excluding carboxylic acids is 4. The van der Waals surface area contributed by atoms with E-state index in [-0.39, 0.29) is 56.9 Å². The third-order valence-corrected chi connectivity index (χ3v) is 7.21. The molecule has 3 amide bonds. The second kappa shape index (κ2) is 23.0. The number of hydrogen-bond acceptors (Lipinski definition) is 7. The van der Waals surface area contributed by atoms with Gasteiger partial charge in [0.25, 0.3) is 0 Å². The highest BCUT2D eigenvalue weighted by atomic mass is 16.5. The van der Waals surface area contributed by atoms with Gasteiger partial charge in [0.15, 0.2) is 0 Å². The number of benzene rings is 2. The number of esters is 1. The number of carbonyl (C=O) groups is 4. The highest BCUT2D eigenvalue weighted by molar-refractivity contribution is 5.86. The van der Waals surface area contributed by atoms with E-state index in [1.165, 1.54) is 0 Å². The maximum atomic E-state index is 13.3. The molecule has 0 bridgehead atoms. The quantitative estimate of drug-likeness (QED) is 0.0783. The molecule has 0 saturated heterocycles. The van der Waals surface area contributed by atoms with E-state index in [2.05, 4.69) is 29.1 Å².